The average molecular weight is 321 g/mol. The van der Waals surface area contributed by atoms with Gasteiger partial charge in [-0.2, -0.15) is 0 Å². The van der Waals surface area contributed by atoms with Crippen LogP contribution >= 0.6 is 11.5 Å². The monoisotopic (exact) mass is 321 g/mol. The van der Waals surface area contributed by atoms with Gasteiger partial charge >= 0.3 is 0 Å². The highest BCUT2D eigenvalue weighted by Gasteiger charge is 2.45. The van der Waals surface area contributed by atoms with Crippen LogP contribution in [0.3, 0.4) is 0 Å². The Morgan fingerprint density at radius 1 is 1.23 bits per heavy atom. The van der Waals surface area contributed by atoms with Crippen molar-refractivity contribution in [2.24, 2.45) is 11.8 Å². The molecule has 1 saturated carbocycles. The van der Waals surface area contributed by atoms with E-state index < -0.39 is 0 Å². The molecule has 1 aromatic heterocycles. The van der Waals surface area contributed by atoms with Crippen molar-refractivity contribution >= 4 is 17.4 Å². The molecule has 4 atom stereocenters. The first-order valence-electron chi connectivity index (χ1n) is 8.34. The van der Waals surface area contributed by atoms with Crippen molar-refractivity contribution in [2.45, 2.75) is 37.8 Å². The number of carbonyl (C=O) groups excluding carboxylic acids is 1. The third-order valence-electron chi connectivity index (χ3n) is 5.65. The van der Waals surface area contributed by atoms with E-state index in [0.717, 1.165) is 43.9 Å². The summed E-state index contributed by atoms with van der Waals surface area (Å²) in [6, 6.07) is 2.11. The molecule has 22 heavy (non-hydrogen) atoms. The summed E-state index contributed by atoms with van der Waals surface area (Å²) >= 11 is 1.27. The van der Waals surface area contributed by atoms with Gasteiger partial charge in [0.2, 0.25) is 0 Å². The zero-order valence-electron chi connectivity index (χ0n) is 12.7. The van der Waals surface area contributed by atoms with Crippen molar-refractivity contribution < 1.29 is 9.90 Å². The number of aliphatic hydroxyl groups is 1. The molecule has 0 aromatic carbocycles. The molecule has 1 aliphatic carbocycles. The molecular formula is C16H23N3O2S. The first-order valence-corrected chi connectivity index (χ1v) is 9.12. The van der Waals surface area contributed by atoms with Crippen molar-refractivity contribution in [1.82, 2.24) is 14.2 Å². The highest BCUT2D eigenvalue weighted by molar-refractivity contribution is 7.08. The van der Waals surface area contributed by atoms with E-state index in [1.54, 1.807) is 12.3 Å². The van der Waals surface area contributed by atoms with E-state index in [0.29, 0.717) is 17.9 Å². The lowest BCUT2D eigenvalue weighted by molar-refractivity contribution is -0.000864. The van der Waals surface area contributed by atoms with Gasteiger partial charge in [0, 0.05) is 25.3 Å². The number of hydrogen-bond acceptors (Lipinski definition) is 5. The Balaban J connectivity index is 1.44. The lowest BCUT2D eigenvalue weighted by atomic mass is 9.77. The summed E-state index contributed by atoms with van der Waals surface area (Å²) < 4.78 is 4.03. The minimum atomic E-state index is -0.224. The first kappa shape index (κ1) is 14.6. The van der Waals surface area contributed by atoms with Gasteiger partial charge in [0.25, 0.3) is 5.91 Å². The zero-order chi connectivity index (χ0) is 15.1. The fourth-order valence-corrected chi connectivity index (χ4v) is 5.08. The van der Waals surface area contributed by atoms with Gasteiger partial charge in [0.1, 0.15) is 4.88 Å². The van der Waals surface area contributed by atoms with Crippen molar-refractivity contribution in [3.8, 4) is 0 Å². The lowest BCUT2D eigenvalue weighted by Gasteiger charge is -2.40. The summed E-state index contributed by atoms with van der Waals surface area (Å²) in [6.45, 7) is 3.90. The largest absolute Gasteiger partial charge is 0.391 e. The Bertz CT molecular complexity index is 530. The Hall–Kier alpha value is -0.980. The molecule has 4 rings (SSSR count). The number of aromatic nitrogens is 1. The minimum Gasteiger partial charge on any atom is -0.391 e. The van der Waals surface area contributed by atoms with Crippen LogP contribution in [0.1, 0.15) is 35.4 Å². The molecule has 5 nitrogen and oxygen atoms in total. The van der Waals surface area contributed by atoms with Crippen LogP contribution in [0.2, 0.25) is 0 Å². The minimum absolute atomic E-state index is 0.115. The number of amides is 1. The Labute approximate surface area is 135 Å². The molecule has 1 amide bonds. The summed E-state index contributed by atoms with van der Waals surface area (Å²) in [5.41, 5.74) is 0. The molecule has 6 heteroatoms. The van der Waals surface area contributed by atoms with Gasteiger partial charge in [-0.15, -0.1) is 0 Å². The molecule has 0 unspecified atom stereocenters. The standard InChI is InChI=1S/C16H23N3O2S/c20-14-8-12-10-19(16(21)15-3-4-17-22-15)9-11(12)7-13(14)18-5-1-2-6-18/h3-4,11-14,20H,1-2,5-10H2/t11-,12+,13-,14-/m1/s1. The van der Waals surface area contributed by atoms with Crippen molar-refractivity contribution in [2.75, 3.05) is 26.2 Å². The zero-order valence-corrected chi connectivity index (χ0v) is 13.5. The molecule has 0 spiro atoms. The number of carbonyl (C=O) groups is 1. The Morgan fingerprint density at radius 3 is 2.64 bits per heavy atom. The van der Waals surface area contributed by atoms with E-state index in [2.05, 4.69) is 9.27 Å². The second kappa shape index (κ2) is 5.91. The van der Waals surface area contributed by atoms with Crippen LogP contribution in [-0.4, -0.2) is 63.5 Å². The summed E-state index contributed by atoms with van der Waals surface area (Å²) in [7, 11) is 0. The van der Waals surface area contributed by atoms with Crippen molar-refractivity contribution in [3.05, 3.63) is 17.1 Å². The normalized spacial score (nSPS) is 35.8. The first-order chi connectivity index (χ1) is 10.7. The predicted octanol–water partition coefficient (Wildman–Crippen LogP) is 1.45. The number of nitrogens with zero attached hydrogens (tertiary/aromatic N) is 3. The molecule has 0 bridgehead atoms. The molecule has 3 aliphatic rings. The molecule has 0 radical (unpaired) electrons. The highest BCUT2D eigenvalue weighted by Crippen LogP contribution is 2.39. The third kappa shape index (κ3) is 2.57. The third-order valence-corrected chi connectivity index (χ3v) is 6.39. The van der Waals surface area contributed by atoms with E-state index in [1.807, 2.05) is 4.90 Å². The number of fused-ring (bicyclic) bond motifs is 1. The number of likely N-dealkylation sites (tertiary alicyclic amines) is 2. The molecule has 1 aromatic rings. The number of aliphatic hydroxyl groups excluding tert-OH is 1. The highest BCUT2D eigenvalue weighted by atomic mass is 32.1. The average Bonchev–Trinajstić information content (AvgIpc) is 3.25. The van der Waals surface area contributed by atoms with E-state index in [4.69, 9.17) is 0 Å². The SMILES string of the molecule is O=C(c1ccns1)N1C[C@H]2C[C@@H](N3CCCC3)[C@H](O)C[C@H]2C1. The van der Waals surface area contributed by atoms with Crippen LogP contribution in [0, 0.1) is 11.8 Å². The van der Waals surface area contributed by atoms with Gasteiger partial charge in [0.05, 0.1) is 6.10 Å². The van der Waals surface area contributed by atoms with E-state index in [1.165, 1.54) is 24.4 Å². The van der Waals surface area contributed by atoms with Crippen LogP contribution in [0.25, 0.3) is 0 Å². The fourth-order valence-electron chi connectivity index (χ4n) is 4.52. The van der Waals surface area contributed by atoms with Gasteiger partial charge in [-0.1, -0.05) is 0 Å². The molecule has 120 valence electrons. The van der Waals surface area contributed by atoms with Crippen LogP contribution in [-0.2, 0) is 0 Å². The Morgan fingerprint density at radius 2 is 1.95 bits per heavy atom. The van der Waals surface area contributed by atoms with Gasteiger partial charge in [-0.05, 0) is 68.2 Å². The maximum absolute atomic E-state index is 12.5. The lowest BCUT2D eigenvalue weighted by Crippen LogP contribution is -2.48. The summed E-state index contributed by atoms with van der Waals surface area (Å²) in [6.07, 6.45) is 5.86. The van der Waals surface area contributed by atoms with Gasteiger partial charge < -0.3 is 10.0 Å². The molecule has 3 fully saturated rings. The predicted molar refractivity (Wildman–Crippen MR) is 84.8 cm³/mol. The summed E-state index contributed by atoms with van der Waals surface area (Å²) in [4.78, 5) is 17.7. The van der Waals surface area contributed by atoms with Crippen molar-refractivity contribution in [3.63, 3.8) is 0 Å². The van der Waals surface area contributed by atoms with Gasteiger partial charge in [0.15, 0.2) is 0 Å². The van der Waals surface area contributed by atoms with E-state index in [-0.39, 0.29) is 12.0 Å². The van der Waals surface area contributed by atoms with E-state index >= 15 is 0 Å². The molecule has 2 aliphatic heterocycles. The Kier molecular flexibility index (Phi) is 3.92. The van der Waals surface area contributed by atoms with Crippen LogP contribution < -0.4 is 0 Å². The maximum Gasteiger partial charge on any atom is 0.265 e. The topological polar surface area (TPSA) is 56.7 Å². The van der Waals surface area contributed by atoms with Gasteiger partial charge in [-0.3, -0.25) is 9.69 Å². The van der Waals surface area contributed by atoms with Gasteiger partial charge in [-0.25, -0.2) is 4.37 Å². The molecular weight excluding hydrogens is 298 g/mol. The summed E-state index contributed by atoms with van der Waals surface area (Å²) in [5, 5.41) is 10.5. The fraction of sp³-hybridized carbons (Fsp3) is 0.750. The van der Waals surface area contributed by atoms with Crippen molar-refractivity contribution in [1.29, 1.82) is 0 Å². The van der Waals surface area contributed by atoms with Crippen LogP contribution in [0.4, 0.5) is 0 Å². The van der Waals surface area contributed by atoms with E-state index in [9.17, 15) is 9.90 Å². The summed E-state index contributed by atoms with van der Waals surface area (Å²) in [5.74, 6) is 1.13. The smallest absolute Gasteiger partial charge is 0.265 e. The second-order valence-electron chi connectivity index (χ2n) is 6.96. The van der Waals surface area contributed by atoms with Crippen LogP contribution in [0.15, 0.2) is 12.3 Å². The number of rotatable bonds is 2. The quantitative estimate of drug-likeness (QED) is 0.896. The number of hydrogen-bond donors (Lipinski definition) is 1. The maximum atomic E-state index is 12.5. The molecule has 1 N–H and O–H groups in total. The molecule has 2 saturated heterocycles. The second-order valence-corrected chi connectivity index (χ2v) is 7.79. The molecule has 3 heterocycles. The van der Waals surface area contributed by atoms with Crippen LogP contribution in [0.5, 0.6) is 0 Å².